The van der Waals surface area contributed by atoms with E-state index in [1.807, 2.05) is 0 Å². The Morgan fingerprint density at radius 1 is 1.18 bits per heavy atom. The number of rotatable bonds is 5. The molecule has 0 spiro atoms. The third kappa shape index (κ3) is 4.27. The van der Waals surface area contributed by atoms with Crippen molar-refractivity contribution < 1.29 is 0 Å². The molecule has 0 aromatic rings. The van der Waals surface area contributed by atoms with Crippen LogP contribution in [0.2, 0.25) is 0 Å². The molecule has 0 N–H and O–H groups in total. The van der Waals surface area contributed by atoms with Gasteiger partial charge in [-0.1, -0.05) is 12.8 Å². The summed E-state index contributed by atoms with van der Waals surface area (Å²) in [6, 6.07) is 0. The molecule has 0 saturated heterocycles. The third-order valence-corrected chi connectivity index (χ3v) is 3.92. The van der Waals surface area contributed by atoms with Gasteiger partial charge in [0.05, 0.1) is 0 Å². The smallest absolute Gasteiger partial charge is 0.0223 e. The van der Waals surface area contributed by atoms with Crippen molar-refractivity contribution in [3.63, 3.8) is 0 Å². The highest BCUT2D eigenvalue weighted by molar-refractivity contribution is 7.99. The number of halogens is 1. The molecule has 1 rings (SSSR count). The van der Waals surface area contributed by atoms with Crippen molar-refractivity contribution in [2.45, 2.75) is 43.8 Å². The number of thioether (sulfide) groups is 1. The predicted octanol–water partition coefficient (Wildman–Crippen LogP) is 3.68. The van der Waals surface area contributed by atoms with E-state index in [-0.39, 0.29) is 0 Å². The molecule has 0 unspecified atom stereocenters. The molecule has 0 radical (unpaired) electrons. The normalized spacial score (nSPS) is 19.4. The highest BCUT2D eigenvalue weighted by Gasteiger charge is 2.14. The van der Waals surface area contributed by atoms with E-state index < -0.39 is 0 Å². The van der Waals surface area contributed by atoms with Gasteiger partial charge in [0, 0.05) is 11.1 Å². The van der Waals surface area contributed by atoms with E-state index in [9.17, 15) is 0 Å². The summed E-state index contributed by atoms with van der Waals surface area (Å²) in [6.07, 6.45) is 8.36. The summed E-state index contributed by atoms with van der Waals surface area (Å²) in [5.41, 5.74) is 0. The standard InChI is InChI=1S/C9H17ClS/c10-7-3-4-8-11-9-5-1-2-6-9/h9H,1-8H2. The second-order valence-corrected chi connectivity index (χ2v) is 4.96. The van der Waals surface area contributed by atoms with Crippen molar-refractivity contribution in [1.82, 2.24) is 0 Å². The maximum Gasteiger partial charge on any atom is 0.0223 e. The fraction of sp³-hybridized carbons (Fsp3) is 1.00. The molecule has 0 bridgehead atoms. The zero-order valence-corrected chi connectivity index (χ0v) is 8.59. The number of alkyl halides is 1. The van der Waals surface area contributed by atoms with Crippen molar-refractivity contribution in [3.05, 3.63) is 0 Å². The first-order valence-corrected chi connectivity index (χ1v) is 6.19. The molecule has 1 aliphatic carbocycles. The van der Waals surface area contributed by atoms with Crippen LogP contribution >= 0.6 is 23.4 Å². The molecule has 1 fully saturated rings. The molecule has 2 heteroatoms. The maximum atomic E-state index is 5.59. The first-order valence-electron chi connectivity index (χ1n) is 4.61. The zero-order chi connectivity index (χ0) is 7.94. The third-order valence-electron chi connectivity index (χ3n) is 2.18. The summed E-state index contributed by atoms with van der Waals surface area (Å²) >= 11 is 7.75. The lowest BCUT2D eigenvalue weighted by Gasteiger charge is -2.06. The van der Waals surface area contributed by atoms with E-state index >= 15 is 0 Å². The molecule has 0 heterocycles. The molecule has 0 aromatic heterocycles. The Kier molecular flexibility index (Phi) is 5.47. The Bertz CT molecular complexity index is 89.6. The lowest BCUT2D eigenvalue weighted by atomic mass is 10.4. The van der Waals surface area contributed by atoms with E-state index in [0.717, 1.165) is 11.1 Å². The van der Waals surface area contributed by atoms with E-state index in [4.69, 9.17) is 11.6 Å². The van der Waals surface area contributed by atoms with Gasteiger partial charge in [-0.25, -0.2) is 0 Å². The van der Waals surface area contributed by atoms with E-state index in [1.54, 1.807) is 0 Å². The molecule has 0 aliphatic heterocycles. The van der Waals surface area contributed by atoms with Crippen LogP contribution < -0.4 is 0 Å². The average Bonchev–Trinajstić information content (AvgIpc) is 2.50. The summed E-state index contributed by atoms with van der Waals surface area (Å²) in [5, 5.41) is 0.991. The van der Waals surface area contributed by atoms with E-state index in [0.29, 0.717) is 0 Å². The minimum atomic E-state index is 0.839. The van der Waals surface area contributed by atoms with Crippen LogP contribution in [0, 0.1) is 0 Å². The van der Waals surface area contributed by atoms with Gasteiger partial charge in [0.2, 0.25) is 0 Å². The molecule has 0 nitrogen and oxygen atoms in total. The van der Waals surface area contributed by atoms with Crippen LogP contribution in [0.5, 0.6) is 0 Å². The largest absolute Gasteiger partial charge is 0.159 e. The van der Waals surface area contributed by atoms with Crippen LogP contribution in [0.25, 0.3) is 0 Å². The summed E-state index contributed by atoms with van der Waals surface area (Å²) < 4.78 is 0. The van der Waals surface area contributed by atoms with Gasteiger partial charge < -0.3 is 0 Å². The molecule has 0 atom stereocenters. The minimum Gasteiger partial charge on any atom is -0.159 e. The summed E-state index contributed by atoms with van der Waals surface area (Å²) in [7, 11) is 0. The molecule has 11 heavy (non-hydrogen) atoms. The SMILES string of the molecule is ClCCCCSC1CCCC1. The molecular weight excluding hydrogens is 176 g/mol. The van der Waals surface area contributed by atoms with Crippen LogP contribution in [0.4, 0.5) is 0 Å². The second-order valence-electron chi connectivity index (χ2n) is 3.17. The predicted molar refractivity (Wildman–Crippen MR) is 54.7 cm³/mol. The van der Waals surface area contributed by atoms with E-state index in [2.05, 4.69) is 11.8 Å². The Morgan fingerprint density at radius 3 is 2.55 bits per heavy atom. The van der Waals surface area contributed by atoms with Crippen molar-refractivity contribution in [2.24, 2.45) is 0 Å². The van der Waals surface area contributed by atoms with Crippen LogP contribution in [0.15, 0.2) is 0 Å². The van der Waals surface area contributed by atoms with Gasteiger partial charge in [-0.15, -0.1) is 11.6 Å². The fourth-order valence-electron chi connectivity index (χ4n) is 1.50. The lowest BCUT2D eigenvalue weighted by Crippen LogP contribution is -1.95. The Hall–Kier alpha value is 0.640. The van der Waals surface area contributed by atoms with Crippen molar-refractivity contribution in [3.8, 4) is 0 Å². The summed E-state index contributed by atoms with van der Waals surface area (Å²) in [4.78, 5) is 0. The highest BCUT2D eigenvalue weighted by Crippen LogP contribution is 2.29. The summed E-state index contributed by atoms with van der Waals surface area (Å²) in [6.45, 7) is 0. The lowest BCUT2D eigenvalue weighted by molar-refractivity contribution is 0.876. The van der Waals surface area contributed by atoms with Crippen molar-refractivity contribution >= 4 is 23.4 Å². The van der Waals surface area contributed by atoms with Gasteiger partial charge in [0.25, 0.3) is 0 Å². The number of hydrogen-bond donors (Lipinski definition) is 0. The molecule has 1 aliphatic rings. The Balaban J connectivity index is 1.86. The van der Waals surface area contributed by atoms with Gasteiger partial charge in [-0.3, -0.25) is 0 Å². The van der Waals surface area contributed by atoms with Gasteiger partial charge in [0.15, 0.2) is 0 Å². The average molecular weight is 193 g/mol. The van der Waals surface area contributed by atoms with Gasteiger partial charge in [-0.05, 0) is 31.4 Å². The highest BCUT2D eigenvalue weighted by atomic mass is 35.5. The quantitative estimate of drug-likeness (QED) is 0.473. The minimum absolute atomic E-state index is 0.839. The maximum absolute atomic E-state index is 5.59. The monoisotopic (exact) mass is 192 g/mol. The second kappa shape index (κ2) is 6.19. The van der Waals surface area contributed by atoms with Gasteiger partial charge >= 0.3 is 0 Å². The van der Waals surface area contributed by atoms with Gasteiger partial charge in [0.1, 0.15) is 0 Å². The molecule has 0 aromatic carbocycles. The van der Waals surface area contributed by atoms with E-state index in [1.165, 1.54) is 44.3 Å². The molecular formula is C9H17ClS. The van der Waals surface area contributed by atoms with Crippen LogP contribution in [0.1, 0.15) is 38.5 Å². The number of unbranched alkanes of at least 4 members (excludes halogenated alkanes) is 1. The Morgan fingerprint density at radius 2 is 1.91 bits per heavy atom. The molecule has 66 valence electrons. The van der Waals surface area contributed by atoms with Crippen LogP contribution in [0.3, 0.4) is 0 Å². The molecule has 0 amide bonds. The first-order chi connectivity index (χ1) is 5.43. The fourth-order valence-corrected chi connectivity index (χ4v) is 3.06. The molecule has 1 saturated carbocycles. The zero-order valence-electron chi connectivity index (χ0n) is 7.02. The van der Waals surface area contributed by atoms with Crippen molar-refractivity contribution in [2.75, 3.05) is 11.6 Å². The Labute approximate surface area is 79.1 Å². The van der Waals surface area contributed by atoms with Crippen LogP contribution in [-0.4, -0.2) is 16.9 Å². The van der Waals surface area contributed by atoms with Crippen molar-refractivity contribution in [1.29, 1.82) is 0 Å². The first kappa shape index (κ1) is 9.73. The van der Waals surface area contributed by atoms with Crippen LogP contribution in [-0.2, 0) is 0 Å². The topological polar surface area (TPSA) is 0 Å². The summed E-state index contributed by atoms with van der Waals surface area (Å²) in [5.74, 6) is 2.17. The number of hydrogen-bond acceptors (Lipinski definition) is 1. The van der Waals surface area contributed by atoms with Gasteiger partial charge in [-0.2, -0.15) is 11.8 Å².